The molecule has 0 radical (unpaired) electrons. The summed E-state index contributed by atoms with van der Waals surface area (Å²) >= 11 is 0. The van der Waals surface area contributed by atoms with Gasteiger partial charge in [-0.15, -0.1) is 0 Å². The van der Waals surface area contributed by atoms with Gasteiger partial charge in [-0.05, 0) is 30.3 Å². The van der Waals surface area contributed by atoms with E-state index in [4.69, 9.17) is 9.52 Å². The molecule has 4 N–H and O–H groups in total. The highest BCUT2D eigenvalue weighted by Crippen LogP contribution is 2.30. The van der Waals surface area contributed by atoms with Gasteiger partial charge in [0.05, 0.1) is 16.6 Å². The average molecular weight is 402 g/mol. The third kappa shape index (κ3) is 2.88. The van der Waals surface area contributed by atoms with Crippen LogP contribution in [0.4, 0.5) is 0 Å². The number of aromatic carboxylic acids is 1. The lowest BCUT2D eigenvalue weighted by molar-refractivity contribution is 0.0697. The number of hydrogen-bond donors (Lipinski definition) is 4. The number of fused-ring (bicyclic) bond motifs is 2. The number of aromatic hydroxyl groups is 1. The number of aromatic nitrogens is 2. The largest absolute Gasteiger partial charge is 0.506 e. The zero-order chi connectivity index (χ0) is 20.2. The molecule has 2 aromatic heterocycles. The molecule has 0 fully saturated rings. The summed E-state index contributed by atoms with van der Waals surface area (Å²) in [6.45, 7) is 0. The maximum Gasteiger partial charge on any atom is 0.347 e. The van der Waals surface area contributed by atoms with Crippen LogP contribution in [-0.4, -0.2) is 39.1 Å². The number of carboxylic acid groups (broad SMARTS) is 1. The molecule has 2 heterocycles. The van der Waals surface area contributed by atoms with Crippen molar-refractivity contribution in [2.75, 3.05) is 0 Å². The van der Waals surface area contributed by atoms with Crippen LogP contribution in [0.3, 0.4) is 0 Å². The van der Waals surface area contributed by atoms with E-state index in [1.54, 1.807) is 0 Å². The lowest BCUT2D eigenvalue weighted by atomic mass is 10.1. The first kappa shape index (κ1) is 17.7. The van der Waals surface area contributed by atoms with Crippen LogP contribution < -0.4 is 5.63 Å². The van der Waals surface area contributed by atoms with Crippen molar-refractivity contribution in [1.82, 2.24) is 9.97 Å². The number of nitrogens with one attached hydrogen (secondary N) is 1. The molecular formula is C17H10N2O8S. The van der Waals surface area contributed by atoms with Crippen LogP contribution >= 0.6 is 0 Å². The zero-order valence-corrected chi connectivity index (χ0v) is 14.5. The van der Waals surface area contributed by atoms with Crippen LogP contribution in [0.25, 0.3) is 33.4 Å². The molecule has 0 aliphatic heterocycles. The third-order valence-corrected chi connectivity index (χ3v) is 4.96. The number of rotatable bonds is 3. The Balaban J connectivity index is 1.94. The minimum absolute atomic E-state index is 0.0292. The Morgan fingerprint density at radius 3 is 2.57 bits per heavy atom. The maximum absolute atomic E-state index is 12.3. The second-order valence-corrected chi connectivity index (χ2v) is 7.29. The lowest BCUT2D eigenvalue weighted by Gasteiger charge is -2.04. The molecule has 11 heteroatoms. The number of phenolic OH excluding ortho intramolecular Hbond substituents is 1. The number of aromatic amines is 1. The number of benzene rings is 2. The second-order valence-electron chi connectivity index (χ2n) is 5.90. The van der Waals surface area contributed by atoms with Crippen LogP contribution in [0.2, 0.25) is 0 Å². The number of phenols is 1. The fourth-order valence-corrected chi connectivity index (χ4v) is 3.38. The van der Waals surface area contributed by atoms with E-state index < -0.39 is 32.4 Å². The first-order valence-corrected chi connectivity index (χ1v) is 9.09. The highest BCUT2D eigenvalue weighted by atomic mass is 32.2. The van der Waals surface area contributed by atoms with E-state index in [0.717, 1.165) is 12.1 Å². The predicted molar refractivity (Wildman–Crippen MR) is 96.0 cm³/mol. The Kier molecular flexibility index (Phi) is 3.73. The topological polar surface area (TPSA) is 171 Å². The molecule has 4 rings (SSSR count). The summed E-state index contributed by atoms with van der Waals surface area (Å²) in [6, 6.07) is 7.32. The predicted octanol–water partition coefficient (Wildman–Crippen LogP) is 1.99. The molecule has 0 saturated heterocycles. The van der Waals surface area contributed by atoms with Crippen LogP contribution in [0.5, 0.6) is 5.75 Å². The van der Waals surface area contributed by atoms with Crippen molar-refractivity contribution in [2.45, 2.75) is 4.90 Å². The van der Waals surface area contributed by atoms with Gasteiger partial charge in [-0.25, -0.2) is 14.6 Å². The van der Waals surface area contributed by atoms with E-state index in [1.165, 1.54) is 24.3 Å². The molecule has 0 bridgehead atoms. The monoisotopic (exact) mass is 402 g/mol. The Bertz CT molecular complexity index is 1450. The van der Waals surface area contributed by atoms with Crippen LogP contribution in [0.15, 0.2) is 50.5 Å². The molecule has 0 saturated carbocycles. The van der Waals surface area contributed by atoms with E-state index in [-0.39, 0.29) is 27.9 Å². The number of nitrogens with zero attached hydrogens (tertiary/aromatic N) is 1. The summed E-state index contributed by atoms with van der Waals surface area (Å²) in [5.74, 6) is -1.81. The number of imidazole rings is 1. The molecule has 0 aliphatic carbocycles. The van der Waals surface area contributed by atoms with Gasteiger partial charge in [0.2, 0.25) is 0 Å². The van der Waals surface area contributed by atoms with Crippen molar-refractivity contribution in [2.24, 2.45) is 0 Å². The number of carboxylic acids is 1. The van der Waals surface area contributed by atoms with Crippen LogP contribution in [0.1, 0.15) is 10.4 Å². The molecule has 0 spiro atoms. The SMILES string of the molecule is O=C(O)c1ccc2nc(-c3cc4cc(S(=O)(=O)O)c(O)cc4oc3=O)[nH]c2c1. The number of hydrogen-bond acceptors (Lipinski definition) is 7. The van der Waals surface area contributed by atoms with Gasteiger partial charge in [0.1, 0.15) is 27.6 Å². The van der Waals surface area contributed by atoms with Gasteiger partial charge in [0, 0.05) is 11.5 Å². The summed E-state index contributed by atoms with van der Waals surface area (Å²) in [5.41, 5.74) is -0.149. The molecule has 0 amide bonds. The lowest BCUT2D eigenvalue weighted by Crippen LogP contribution is -2.05. The first-order valence-electron chi connectivity index (χ1n) is 7.65. The Morgan fingerprint density at radius 2 is 1.89 bits per heavy atom. The molecule has 2 aromatic carbocycles. The minimum Gasteiger partial charge on any atom is -0.506 e. The third-order valence-electron chi connectivity index (χ3n) is 4.08. The normalized spacial score (nSPS) is 11.9. The van der Waals surface area contributed by atoms with Crippen LogP contribution in [0, 0.1) is 0 Å². The Morgan fingerprint density at radius 1 is 1.14 bits per heavy atom. The standard InChI is InChI=1S/C17H10N2O8S/c20-12-6-13-8(5-14(12)28(24,25)26)3-9(17(23)27-13)15-18-10-2-1-7(16(21)22)4-11(10)19-15/h1-6,20H,(H,18,19)(H,21,22)(H,24,25,26). The van der Waals surface area contributed by atoms with Crippen molar-refractivity contribution >= 4 is 38.1 Å². The van der Waals surface area contributed by atoms with E-state index >= 15 is 0 Å². The maximum atomic E-state index is 12.3. The Hall–Kier alpha value is -3.70. The van der Waals surface area contributed by atoms with Gasteiger partial charge >= 0.3 is 11.6 Å². The molecular weight excluding hydrogens is 392 g/mol. The van der Waals surface area contributed by atoms with E-state index in [9.17, 15) is 27.7 Å². The highest BCUT2D eigenvalue weighted by molar-refractivity contribution is 7.86. The van der Waals surface area contributed by atoms with Crippen molar-refractivity contribution < 1.29 is 32.4 Å². The van der Waals surface area contributed by atoms with Crippen molar-refractivity contribution in [3.8, 4) is 17.1 Å². The molecule has 4 aromatic rings. The fourth-order valence-electron chi connectivity index (χ4n) is 2.78. The van der Waals surface area contributed by atoms with Crippen LogP contribution in [-0.2, 0) is 10.1 Å². The van der Waals surface area contributed by atoms with Gasteiger partial charge in [0.25, 0.3) is 10.1 Å². The zero-order valence-electron chi connectivity index (χ0n) is 13.7. The van der Waals surface area contributed by atoms with Crippen molar-refractivity contribution in [1.29, 1.82) is 0 Å². The summed E-state index contributed by atoms with van der Waals surface area (Å²) in [7, 11) is -4.69. The summed E-state index contributed by atoms with van der Waals surface area (Å²) in [6.07, 6.45) is 0. The van der Waals surface area contributed by atoms with Crippen molar-refractivity contribution in [3.05, 3.63) is 52.4 Å². The molecule has 0 atom stereocenters. The molecule has 142 valence electrons. The van der Waals surface area contributed by atoms with Gasteiger partial charge in [-0.3, -0.25) is 4.55 Å². The van der Waals surface area contributed by atoms with Gasteiger partial charge in [-0.2, -0.15) is 8.42 Å². The molecule has 28 heavy (non-hydrogen) atoms. The Labute approximate surface area is 155 Å². The summed E-state index contributed by atoms with van der Waals surface area (Å²) in [5, 5.41) is 18.9. The quantitative estimate of drug-likeness (QED) is 0.295. The molecule has 0 aliphatic rings. The summed E-state index contributed by atoms with van der Waals surface area (Å²) in [4.78, 5) is 29.7. The van der Waals surface area contributed by atoms with E-state index in [0.29, 0.717) is 11.0 Å². The number of H-pyrrole nitrogens is 1. The smallest absolute Gasteiger partial charge is 0.347 e. The van der Waals surface area contributed by atoms with Gasteiger partial charge < -0.3 is 19.6 Å². The minimum atomic E-state index is -4.69. The molecule has 0 unspecified atom stereocenters. The first-order chi connectivity index (χ1) is 13.1. The molecule has 10 nitrogen and oxygen atoms in total. The fraction of sp³-hybridized carbons (Fsp3) is 0. The van der Waals surface area contributed by atoms with E-state index in [1.807, 2.05) is 0 Å². The highest BCUT2D eigenvalue weighted by Gasteiger charge is 2.19. The second kappa shape index (κ2) is 5.90. The average Bonchev–Trinajstić information content (AvgIpc) is 3.02. The van der Waals surface area contributed by atoms with Gasteiger partial charge in [0.15, 0.2) is 0 Å². The summed E-state index contributed by atoms with van der Waals surface area (Å²) < 4.78 is 37.0. The van der Waals surface area contributed by atoms with E-state index in [2.05, 4.69) is 9.97 Å². The van der Waals surface area contributed by atoms with Crippen molar-refractivity contribution in [3.63, 3.8) is 0 Å². The number of carbonyl (C=O) groups is 1. The van der Waals surface area contributed by atoms with Gasteiger partial charge in [-0.1, -0.05) is 0 Å².